The zero-order valence-electron chi connectivity index (χ0n) is 10.5. The molecular formula is C10H20N2O5S. The summed E-state index contributed by atoms with van der Waals surface area (Å²) in [6.45, 7) is 2.96. The van der Waals surface area contributed by atoms with E-state index in [1.807, 2.05) is 0 Å². The van der Waals surface area contributed by atoms with Crippen LogP contribution in [0.2, 0.25) is 0 Å². The Morgan fingerprint density at radius 1 is 1.44 bits per heavy atom. The zero-order chi connectivity index (χ0) is 13.6. The van der Waals surface area contributed by atoms with Gasteiger partial charge < -0.3 is 15.2 Å². The molecule has 7 nitrogen and oxygen atoms in total. The molecule has 1 saturated heterocycles. The van der Waals surface area contributed by atoms with Crippen molar-refractivity contribution in [2.75, 3.05) is 38.7 Å². The van der Waals surface area contributed by atoms with Crippen LogP contribution >= 0.6 is 0 Å². The minimum atomic E-state index is -3.39. The Kier molecular flexibility index (Phi) is 6.00. The van der Waals surface area contributed by atoms with E-state index in [0.29, 0.717) is 26.3 Å². The number of amides is 1. The monoisotopic (exact) mass is 280 g/mol. The van der Waals surface area contributed by atoms with E-state index >= 15 is 0 Å². The van der Waals surface area contributed by atoms with Crippen molar-refractivity contribution in [2.24, 2.45) is 0 Å². The van der Waals surface area contributed by atoms with Gasteiger partial charge in [-0.05, 0) is 6.92 Å². The van der Waals surface area contributed by atoms with E-state index in [9.17, 15) is 13.2 Å². The SMILES string of the molecule is CC(CO)NC(=O)CCS(=O)(=O)N1CCOCC1. The maximum Gasteiger partial charge on any atom is 0.221 e. The summed E-state index contributed by atoms with van der Waals surface area (Å²) in [7, 11) is -3.39. The van der Waals surface area contributed by atoms with Gasteiger partial charge in [-0.15, -0.1) is 0 Å². The van der Waals surface area contributed by atoms with Gasteiger partial charge in [0.2, 0.25) is 15.9 Å². The van der Waals surface area contributed by atoms with Crippen LogP contribution < -0.4 is 5.32 Å². The number of nitrogens with one attached hydrogen (secondary N) is 1. The molecule has 0 radical (unpaired) electrons. The Morgan fingerprint density at radius 2 is 2.06 bits per heavy atom. The molecule has 2 N–H and O–H groups in total. The van der Waals surface area contributed by atoms with Crippen molar-refractivity contribution in [2.45, 2.75) is 19.4 Å². The lowest BCUT2D eigenvalue weighted by Crippen LogP contribution is -2.43. The van der Waals surface area contributed by atoms with Gasteiger partial charge in [0.1, 0.15) is 0 Å². The zero-order valence-corrected chi connectivity index (χ0v) is 11.3. The average Bonchev–Trinajstić information content (AvgIpc) is 2.37. The van der Waals surface area contributed by atoms with Gasteiger partial charge in [-0.25, -0.2) is 8.42 Å². The number of sulfonamides is 1. The molecule has 0 bridgehead atoms. The molecule has 1 aliphatic heterocycles. The number of morpholine rings is 1. The highest BCUT2D eigenvalue weighted by Crippen LogP contribution is 2.06. The van der Waals surface area contributed by atoms with E-state index in [2.05, 4.69) is 5.32 Å². The van der Waals surface area contributed by atoms with E-state index in [1.165, 1.54) is 4.31 Å². The molecular weight excluding hydrogens is 260 g/mol. The molecule has 1 amide bonds. The summed E-state index contributed by atoms with van der Waals surface area (Å²) in [6.07, 6.45) is -0.0932. The van der Waals surface area contributed by atoms with Gasteiger partial charge in [-0.3, -0.25) is 4.79 Å². The van der Waals surface area contributed by atoms with Crippen molar-refractivity contribution in [1.82, 2.24) is 9.62 Å². The lowest BCUT2D eigenvalue weighted by molar-refractivity contribution is -0.121. The maximum absolute atomic E-state index is 11.9. The average molecular weight is 280 g/mol. The standard InChI is InChI=1S/C10H20N2O5S/c1-9(8-13)11-10(14)2-7-18(15,16)12-3-5-17-6-4-12/h9,13H,2-8H2,1H3,(H,11,14). The molecule has 1 fully saturated rings. The Bertz CT molecular complexity index is 364. The Balaban J connectivity index is 2.39. The summed E-state index contributed by atoms with van der Waals surface area (Å²) in [5, 5.41) is 11.3. The highest BCUT2D eigenvalue weighted by atomic mass is 32.2. The quantitative estimate of drug-likeness (QED) is 0.619. The summed E-state index contributed by atoms with van der Waals surface area (Å²) >= 11 is 0. The number of carbonyl (C=O) groups excluding carboxylic acids is 1. The molecule has 8 heteroatoms. The van der Waals surface area contributed by atoms with Gasteiger partial charge in [-0.1, -0.05) is 0 Å². The second-order valence-corrected chi connectivity index (χ2v) is 6.32. The summed E-state index contributed by atoms with van der Waals surface area (Å²) < 4.78 is 30.2. The van der Waals surface area contributed by atoms with E-state index in [0.717, 1.165) is 0 Å². The van der Waals surface area contributed by atoms with Crippen molar-refractivity contribution >= 4 is 15.9 Å². The minimum Gasteiger partial charge on any atom is -0.394 e. The first-order valence-electron chi connectivity index (χ1n) is 5.91. The van der Waals surface area contributed by atoms with Crippen LogP contribution in [0.3, 0.4) is 0 Å². The first-order valence-corrected chi connectivity index (χ1v) is 7.52. The van der Waals surface area contributed by atoms with Crippen LogP contribution in [-0.4, -0.2) is 68.4 Å². The second kappa shape index (κ2) is 7.03. The fraction of sp³-hybridized carbons (Fsp3) is 0.900. The number of aliphatic hydroxyl groups is 1. The second-order valence-electron chi connectivity index (χ2n) is 4.23. The number of hydrogen-bond donors (Lipinski definition) is 2. The Hall–Kier alpha value is -0.700. The molecule has 1 aliphatic rings. The smallest absolute Gasteiger partial charge is 0.221 e. The Morgan fingerprint density at radius 3 is 2.61 bits per heavy atom. The molecule has 0 saturated carbocycles. The van der Waals surface area contributed by atoms with Gasteiger partial charge >= 0.3 is 0 Å². The molecule has 0 spiro atoms. The van der Waals surface area contributed by atoms with Crippen LogP contribution in [0, 0.1) is 0 Å². The number of nitrogens with zero attached hydrogens (tertiary/aromatic N) is 1. The van der Waals surface area contributed by atoms with Crippen molar-refractivity contribution in [3.05, 3.63) is 0 Å². The lowest BCUT2D eigenvalue weighted by atomic mass is 10.3. The third-order valence-corrected chi connectivity index (χ3v) is 4.50. The molecule has 1 atom stereocenters. The summed E-state index contributed by atoms with van der Waals surface area (Å²) in [5.41, 5.74) is 0. The number of carbonyl (C=O) groups is 1. The maximum atomic E-state index is 11.9. The van der Waals surface area contributed by atoms with Crippen molar-refractivity contribution in [3.8, 4) is 0 Å². The topological polar surface area (TPSA) is 95.9 Å². The third kappa shape index (κ3) is 4.89. The third-order valence-electron chi connectivity index (χ3n) is 2.63. The van der Waals surface area contributed by atoms with Crippen LogP contribution in [0.1, 0.15) is 13.3 Å². The largest absolute Gasteiger partial charge is 0.394 e. The van der Waals surface area contributed by atoms with Crippen molar-refractivity contribution in [3.63, 3.8) is 0 Å². The van der Waals surface area contributed by atoms with Crippen molar-refractivity contribution < 1.29 is 23.1 Å². The normalized spacial score (nSPS) is 19.4. The molecule has 1 unspecified atom stereocenters. The summed E-state index contributed by atoms with van der Waals surface area (Å²) in [5.74, 6) is -0.579. The molecule has 0 aromatic rings. The molecule has 106 valence electrons. The predicted molar refractivity (Wildman–Crippen MR) is 65.5 cm³/mol. The van der Waals surface area contributed by atoms with Crippen LogP contribution in [0.25, 0.3) is 0 Å². The number of ether oxygens (including phenoxy) is 1. The first-order chi connectivity index (χ1) is 8.45. The molecule has 0 aliphatic carbocycles. The predicted octanol–water partition coefficient (Wildman–Crippen LogP) is -1.46. The molecule has 1 rings (SSSR count). The number of rotatable bonds is 6. The van der Waals surface area contributed by atoms with Gasteiger partial charge in [-0.2, -0.15) is 4.31 Å². The van der Waals surface area contributed by atoms with E-state index in [4.69, 9.17) is 9.84 Å². The van der Waals surface area contributed by atoms with Crippen LogP contribution in [0.15, 0.2) is 0 Å². The van der Waals surface area contributed by atoms with Crippen LogP contribution in [0.4, 0.5) is 0 Å². The first kappa shape index (κ1) is 15.4. The summed E-state index contributed by atoms with van der Waals surface area (Å²) in [6, 6.07) is -0.358. The van der Waals surface area contributed by atoms with Crippen LogP contribution in [0.5, 0.6) is 0 Å². The fourth-order valence-electron chi connectivity index (χ4n) is 1.57. The van der Waals surface area contributed by atoms with Gasteiger partial charge in [0.05, 0.1) is 25.6 Å². The van der Waals surface area contributed by atoms with E-state index in [-0.39, 0.29) is 30.7 Å². The van der Waals surface area contributed by atoms with Gasteiger partial charge in [0.15, 0.2) is 0 Å². The molecule has 0 aromatic heterocycles. The van der Waals surface area contributed by atoms with Gasteiger partial charge in [0.25, 0.3) is 0 Å². The minimum absolute atomic E-state index is 0.0932. The molecule has 0 aromatic carbocycles. The van der Waals surface area contributed by atoms with Crippen LogP contribution in [-0.2, 0) is 19.6 Å². The fourth-order valence-corrected chi connectivity index (χ4v) is 2.98. The summed E-state index contributed by atoms with van der Waals surface area (Å²) in [4.78, 5) is 11.4. The van der Waals surface area contributed by atoms with E-state index in [1.54, 1.807) is 6.92 Å². The molecule has 1 heterocycles. The number of hydrogen-bond acceptors (Lipinski definition) is 5. The highest BCUT2D eigenvalue weighted by molar-refractivity contribution is 7.89. The van der Waals surface area contributed by atoms with Gasteiger partial charge in [0, 0.05) is 25.6 Å². The Labute approximate surface area is 107 Å². The van der Waals surface area contributed by atoms with E-state index < -0.39 is 10.0 Å². The number of aliphatic hydroxyl groups excluding tert-OH is 1. The lowest BCUT2D eigenvalue weighted by Gasteiger charge is -2.25. The highest BCUT2D eigenvalue weighted by Gasteiger charge is 2.24. The van der Waals surface area contributed by atoms with Crippen molar-refractivity contribution in [1.29, 1.82) is 0 Å². The molecule has 18 heavy (non-hydrogen) atoms.